The molecule has 0 N–H and O–H groups in total. The zero-order chi connectivity index (χ0) is 19.8. The van der Waals surface area contributed by atoms with Gasteiger partial charge in [0.1, 0.15) is 0 Å². The number of fused-ring (bicyclic) bond motifs is 2. The molecule has 0 aliphatic rings. The van der Waals surface area contributed by atoms with Crippen LogP contribution in [0.15, 0.2) is 84.9 Å². The summed E-state index contributed by atoms with van der Waals surface area (Å²) in [5.41, 5.74) is 0.210. The third kappa shape index (κ3) is 9.98. The van der Waals surface area contributed by atoms with Crippen LogP contribution in [0.3, 0.4) is 0 Å². The maximum atomic E-state index is 8.25. The van der Waals surface area contributed by atoms with E-state index in [4.69, 9.17) is 10.2 Å². The first kappa shape index (κ1) is 24.7. The van der Waals surface area contributed by atoms with Crippen molar-refractivity contribution in [2.24, 2.45) is 0 Å². The van der Waals surface area contributed by atoms with E-state index >= 15 is 0 Å². The summed E-state index contributed by atoms with van der Waals surface area (Å²) in [5, 5.41) is 21.8. The predicted octanol–water partition coefficient (Wildman–Crippen LogP) is 3.85. The van der Waals surface area contributed by atoms with Gasteiger partial charge in [-0.1, -0.05) is 12.1 Å². The van der Waals surface area contributed by atoms with Gasteiger partial charge in [0.15, 0.2) is 0 Å². The molecule has 0 atom stereocenters. The Morgan fingerprint density at radius 3 is 1.27 bits per heavy atom. The van der Waals surface area contributed by atoms with E-state index in [1.807, 2.05) is 0 Å². The van der Waals surface area contributed by atoms with E-state index in [9.17, 15) is 0 Å². The molecule has 4 heteroatoms. The van der Waals surface area contributed by atoms with Crippen LogP contribution in [0.4, 0.5) is 0 Å². The van der Waals surface area contributed by atoms with Crippen molar-refractivity contribution in [3.8, 4) is 0 Å². The average Bonchev–Trinajstić information content (AvgIpc) is 3.34. The van der Waals surface area contributed by atoms with Crippen LogP contribution < -0.4 is 10.2 Å². The van der Waals surface area contributed by atoms with E-state index in [1.165, 1.54) is 21.5 Å². The van der Waals surface area contributed by atoms with E-state index in [0.717, 1.165) is 14.2 Å². The molecule has 0 amide bonds. The molecule has 4 aromatic rings. The Morgan fingerprint density at radius 1 is 0.654 bits per heavy atom. The molecule has 136 valence electrons. The Kier molecular flexibility index (Phi) is 15.1. The monoisotopic (exact) mass is 440 g/mol. The molecule has 0 fully saturated rings. The van der Waals surface area contributed by atoms with E-state index in [2.05, 4.69) is 98.0 Å². The second kappa shape index (κ2) is 15.9. The zero-order valence-corrected chi connectivity index (χ0v) is 19.4. The van der Waals surface area contributed by atoms with Crippen molar-refractivity contribution < 1.29 is 33.5 Å². The third-order valence-corrected chi connectivity index (χ3v) is 3.10. The Hall–Kier alpha value is -1.32. The molecule has 2 nitrogen and oxygen atoms in total. The van der Waals surface area contributed by atoms with Crippen LogP contribution in [-0.2, 0) is 23.3 Å². The summed E-state index contributed by atoms with van der Waals surface area (Å²) in [5.74, 6) is 0. The van der Waals surface area contributed by atoms with Crippen LogP contribution in [0.5, 0.6) is 0 Å². The average molecular weight is 442 g/mol. The smallest absolute Gasteiger partial charge is 0.0809 e. The van der Waals surface area contributed by atoms with Gasteiger partial charge >= 0.3 is 41.9 Å². The molecule has 0 radical (unpaired) electrons. The summed E-state index contributed by atoms with van der Waals surface area (Å²) in [6, 6.07) is 29.3. The molecule has 0 aromatic heterocycles. The molecule has 4 rings (SSSR count). The van der Waals surface area contributed by atoms with Gasteiger partial charge in [0.05, 0.1) is 0 Å². The first-order valence-corrected chi connectivity index (χ1v) is 14.4. The molecule has 4 aromatic carbocycles. The van der Waals surface area contributed by atoms with Crippen molar-refractivity contribution in [3.05, 3.63) is 84.9 Å². The standard InChI is InChI=1S/2C9H7.C2H6Si.2CH3O.Zr/c2*1-2-5-9-7-3-6-8(9)4-1;1-3-2;2*1-2;/h2*1-7H;1-2H3;2*1H3;/q2*-1;;2*-1;+2. The molecular formula is C22H26O2SiZr-2. The van der Waals surface area contributed by atoms with Crippen LogP contribution in [-0.4, -0.2) is 19.7 Å². The molecule has 0 saturated carbocycles. The summed E-state index contributed by atoms with van der Waals surface area (Å²) in [4.78, 5) is 0. The van der Waals surface area contributed by atoms with Crippen LogP contribution in [0, 0.1) is 0 Å². The minimum atomic E-state index is 0.210. The first-order chi connectivity index (χ1) is 12.7. The maximum absolute atomic E-state index is 8.25. The van der Waals surface area contributed by atoms with Crippen LogP contribution in [0.2, 0.25) is 13.1 Å². The van der Waals surface area contributed by atoms with Crippen molar-refractivity contribution in [2.45, 2.75) is 13.1 Å². The fourth-order valence-electron chi connectivity index (χ4n) is 2.14. The molecular weight excluding hydrogens is 416 g/mol. The Morgan fingerprint density at radius 2 is 0.962 bits per heavy atom. The number of rotatable bonds is 0. The molecule has 0 aliphatic heterocycles. The van der Waals surface area contributed by atoms with Gasteiger partial charge in [-0.05, 0) is 0 Å². The van der Waals surface area contributed by atoms with Crippen LogP contribution >= 0.6 is 0 Å². The van der Waals surface area contributed by atoms with Crippen molar-refractivity contribution in [1.82, 2.24) is 0 Å². The van der Waals surface area contributed by atoms with Gasteiger partial charge in [-0.15, -0.1) is 59.3 Å². The largest absolute Gasteiger partial charge is 0.168 e. The van der Waals surface area contributed by atoms with Crippen molar-refractivity contribution >= 4 is 27.0 Å². The van der Waals surface area contributed by atoms with Crippen molar-refractivity contribution in [3.63, 3.8) is 0 Å². The van der Waals surface area contributed by atoms with Gasteiger partial charge in [-0.25, -0.2) is 0 Å². The fourth-order valence-corrected chi connectivity index (χ4v) is 2.14. The summed E-state index contributed by atoms with van der Waals surface area (Å²) in [6.45, 7) is 4.62. The van der Waals surface area contributed by atoms with Crippen molar-refractivity contribution in [1.29, 1.82) is 0 Å². The molecule has 0 heterocycles. The quantitative estimate of drug-likeness (QED) is 0.307. The summed E-state index contributed by atoms with van der Waals surface area (Å²) >= 11 is 1.74. The number of hydrogen-bond donors (Lipinski definition) is 0. The predicted molar refractivity (Wildman–Crippen MR) is 108 cm³/mol. The van der Waals surface area contributed by atoms with Gasteiger partial charge < -0.3 is 10.2 Å². The first-order valence-electron chi connectivity index (χ1n) is 8.21. The summed E-state index contributed by atoms with van der Waals surface area (Å²) in [7, 11) is 1.50. The number of hydrogen-bond acceptors (Lipinski definition) is 2. The minimum Gasteiger partial charge on any atom is -0.168 e. The van der Waals surface area contributed by atoms with E-state index in [-0.39, 0.29) is 5.43 Å². The van der Waals surface area contributed by atoms with E-state index < -0.39 is 0 Å². The Bertz CT molecular complexity index is 719. The van der Waals surface area contributed by atoms with E-state index in [0.29, 0.717) is 0 Å². The summed E-state index contributed by atoms with van der Waals surface area (Å²) in [6.07, 6.45) is 0. The second-order valence-corrected chi connectivity index (χ2v) is 14.7. The van der Waals surface area contributed by atoms with Gasteiger partial charge in [0.2, 0.25) is 0 Å². The zero-order valence-electron chi connectivity index (χ0n) is 15.9. The van der Waals surface area contributed by atoms with Crippen LogP contribution in [0.25, 0.3) is 21.5 Å². The summed E-state index contributed by atoms with van der Waals surface area (Å²) < 4.78 is 0. The molecule has 0 saturated heterocycles. The minimum absolute atomic E-state index is 0.210. The number of benzene rings is 2. The van der Waals surface area contributed by atoms with Crippen LogP contribution in [0.1, 0.15) is 0 Å². The molecule has 0 unspecified atom stereocenters. The maximum Gasteiger partial charge on any atom is -0.0809 e. The Balaban J connectivity index is 0.000000349. The molecule has 0 bridgehead atoms. The SMILES string of the molecule is C[O-].C[O-].C[Si](C)=[Zr+2].c1ccc2[cH-]ccc2c1.c1ccc2[cH-]ccc2c1. The topological polar surface area (TPSA) is 46.1 Å². The molecule has 0 spiro atoms. The second-order valence-electron chi connectivity index (χ2n) is 5.31. The normalized spacial score (nSPS) is 8.62. The Labute approximate surface area is 172 Å². The molecule has 0 aliphatic carbocycles. The third-order valence-electron chi connectivity index (χ3n) is 3.10. The fraction of sp³-hybridized carbons (Fsp3) is 0.182. The van der Waals surface area contributed by atoms with Gasteiger partial charge in [-0.2, -0.15) is 49.3 Å². The molecule has 26 heavy (non-hydrogen) atoms. The van der Waals surface area contributed by atoms with E-state index in [1.54, 1.807) is 23.3 Å². The van der Waals surface area contributed by atoms with Gasteiger partial charge in [0.25, 0.3) is 0 Å². The van der Waals surface area contributed by atoms with Crippen molar-refractivity contribution in [2.75, 3.05) is 14.2 Å². The van der Waals surface area contributed by atoms with Gasteiger partial charge in [-0.3, -0.25) is 0 Å². The van der Waals surface area contributed by atoms with Gasteiger partial charge in [0, 0.05) is 0 Å².